The molecule has 6 aromatic heterocycles. The van der Waals surface area contributed by atoms with Crippen molar-refractivity contribution in [3.05, 3.63) is 175 Å². The van der Waals surface area contributed by atoms with Gasteiger partial charge in [0, 0.05) is 106 Å². The van der Waals surface area contributed by atoms with E-state index in [1.807, 2.05) is 41.3 Å². The molecule has 0 fully saturated rings. The fourth-order valence-electron chi connectivity index (χ4n) is 7.41. The van der Waals surface area contributed by atoms with Crippen molar-refractivity contribution in [3.63, 3.8) is 0 Å². The molecule has 0 saturated carbocycles. The number of carbonyl (C=O) groups is 3. The first-order valence-electron chi connectivity index (χ1n) is 20.9. The van der Waals surface area contributed by atoms with E-state index in [0.29, 0.717) is 47.5 Å². The molecule has 2 N–H and O–H groups in total. The minimum Gasteiger partial charge on any atom is -0.753 e. The smallest absolute Gasteiger partial charge is 0.753 e. The summed E-state index contributed by atoms with van der Waals surface area (Å²) >= 11 is 7.12. The summed E-state index contributed by atoms with van der Waals surface area (Å²) in [5.74, 6) is 0.760. The van der Waals surface area contributed by atoms with Gasteiger partial charge in [-0.3, -0.25) is 34.7 Å². The Labute approximate surface area is 438 Å². The van der Waals surface area contributed by atoms with Gasteiger partial charge in [0.25, 0.3) is 19.4 Å². The summed E-state index contributed by atoms with van der Waals surface area (Å²) in [4.78, 5) is 50.8. The van der Waals surface area contributed by atoms with Gasteiger partial charge < -0.3 is 30.3 Å². The van der Waals surface area contributed by atoms with Crippen molar-refractivity contribution in [1.29, 1.82) is 5.41 Å². The zero-order valence-electron chi connectivity index (χ0n) is 37.1. The third-order valence-corrected chi connectivity index (χ3v) is 12.7. The Morgan fingerprint density at radius 2 is 1.07 bits per heavy atom. The number of allylic oxidation sites excluding steroid dienone is 1. The summed E-state index contributed by atoms with van der Waals surface area (Å²) in [6.45, 7) is 0.875. The number of pyridine rings is 4. The van der Waals surface area contributed by atoms with Crippen LogP contribution in [-0.2, 0) is 33.9 Å². The molecule has 14 nitrogen and oxygen atoms in total. The monoisotopic (exact) mass is 1120 g/mol. The summed E-state index contributed by atoms with van der Waals surface area (Å²) < 4.78 is 58.2. The van der Waals surface area contributed by atoms with Crippen molar-refractivity contribution in [2.45, 2.75) is 6.18 Å². The maximum atomic E-state index is 13.0. The minimum absolute atomic E-state index is 0. The van der Waals surface area contributed by atoms with E-state index in [-0.39, 0.29) is 48.9 Å². The normalized spacial score (nSPS) is 11.0. The minimum atomic E-state index is -4.84. The first-order chi connectivity index (χ1) is 34.9. The van der Waals surface area contributed by atoms with Gasteiger partial charge in [-0.15, -0.1) is 28.4 Å². The summed E-state index contributed by atoms with van der Waals surface area (Å²) in [7, 11) is 0. The molecule has 10 aromatic rings. The molecule has 0 amide bonds. The maximum Gasteiger partial charge on any atom is 2.00 e. The average molecular weight is 1120 g/mol. The van der Waals surface area contributed by atoms with E-state index in [2.05, 4.69) is 80.7 Å². The summed E-state index contributed by atoms with van der Waals surface area (Å²) in [5, 5.41) is 20.4. The Kier molecular flexibility index (Phi) is 17.0. The third-order valence-electron chi connectivity index (χ3n) is 10.4. The summed E-state index contributed by atoms with van der Waals surface area (Å²) in [6, 6.07) is 41.4. The average Bonchev–Trinajstić information content (AvgIpc) is 3.95. The number of nitrogens with zero attached hydrogens (tertiary/aromatic N) is 6. The molecule has 21 heteroatoms. The van der Waals surface area contributed by atoms with Gasteiger partial charge in [0.1, 0.15) is 23.0 Å². The van der Waals surface area contributed by atoms with Crippen LogP contribution in [0.1, 0.15) is 5.69 Å². The van der Waals surface area contributed by atoms with E-state index in [4.69, 9.17) is 30.8 Å². The van der Waals surface area contributed by atoms with Crippen LogP contribution >= 0.6 is 34.9 Å². The van der Waals surface area contributed by atoms with Crippen molar-refractivity contribution in [3.8, 4) is 40.0 Å². The van der Waals surface area contributed by atoms with E-state index in [9.17, 15) is 27.6 Å². The molecule has 6 heterocycles. The number of rotatable bonds is 13. The van der Waals surface area contributed by atoms with Crippen LogP contribution in [0, 0.1) is 5.41 Å². The van der Waals surface area contributed by atoms with E-state index in [1.54, 1.807) is 34.8 Å². The zero-order chi connectivity index (χ0) is 50.8. The van der Waals surface area contributed by atoms with Crippen molar-refractivity contribution in [2.24, 2.45) is 0 Å². The van der Waals surface area contributed by atoms with Gasteiger partial charge in [0.2, 0.25) is 0 Å². The van der Waals surface area contributed by atoms with E-state index in [1.165, 1.54) is 74.9 Å². The molecule has 362 valence electrons. The molecule has 0 aliphatic rings. The molecular formula is C52H31F3N8O6RuS3. The van der Waals surface area contributed by atoms with Crippen LogP contribution < -0.4 is 19.1 Å². The van der Waals surface area contributed by atoms with Gasteiger partial charge in [-0.2, -0.15) is 18.3 Å². The van der Waals surface area contributed by atoms with Crippen LogP contribution in [0.2, 0.25) is 0 Å². The Balaban J connectivity index is 0.000000218. The molecule has 0 radical (unpaired) electrons. The topological polar surface area (TPSA) is 204 Å². The fourth-order valence-corrected chi connectivity index (χ4v) is 9.64. The number of carbonyl (C=O) groups excluding carboxylic acids is 3. The van der Waals surface area contributed by atoms with Crippen LogP contribution in [0.15, 0.2) is 158 Å². The molecule has 0 bridgehead atoms. The van der Waals surface area contributed by atoms with E-state index >= 15 is 0 Å². The molecule has 0 aliphatic carbocycles. The van der Waals surface area contributed by atoms with E-state index in [0.717, 1.165) is 36.9 Å². The van der Waals surface area contributed by atoms with Crippen LogP contribution in [0.5, 0.6) is 17.2 Å². The van der Waals surface area contributed by atoms with Gasteiger partial charge in [0.05, 0.1) is 22.8 Å². The molecule has 10 rings (SSSR count). The number of anilines is 3. The number of thiophene rings is 2. The van der Waals surface area contributed by atoms with Crippen molar-refractivity contribution < 1.29 is 61.2 Å². The number of ether oxygens (including phenoxy) is 3. The molecule has 0 atom stereocenters. The number of halogens is 3. The number of isothiocyanates is 1. The first-order valence-corrected chi connectivity index (χ1v) is 22.9. The second kappa shape index (κ2) is 23.6. The molecule has 73 heavy (non-hydrogen) atoms. The zero-order valence-corrected chi connectivity index (χ0v) is 41.3. The predicted molar refractivity (Wildman–Crippen MR) is 278 cm³/mol. The fraction of sp³-hybridized carbons (Fsp3) is 0.0192. The number of alkyl halides is 3. The molecule has 0 aliphatic heterocycles. The SMILES string of the molecule is N=C(/C=C(\[NH-])c1cc(N(c2ccc3c(c2)sc2ccccc23)c2ccc3sc4ccccc4c3c2)ccn1)C(F)(F)F.O=COc1ccnc(-c2cc(OC=O)cc(-c3cc(OC=O)ccn3)n2)c1.[N-]=C=S.[Ru+2]. The number of hydrogen-bond donors (Lipinski definition) is 1. The number of fused-ring (bicyclic) bond motifs is 6. The number of thiocarbonyl (C=S) groups is 1. The second-order valence-corrected chi connectivity index (χ2v) is 17.2. The standard InChI is InChI=1S/C33H20F3N4S2.C18H11N3O6.CNS.Ru/c34-33(35,36)32(38)18-26(37)27-16-21(13-14-39-27)40(19-10-12-30-25(15-19)23-6-2-4-8-29(23)41-30)20-9-11-24-22-5-1-3-7-28(22)42-31(24)17-20;22-9-25-12-1-3-19-15(5-12)17-7-14(27-11-24)8-18(21-17)16-6-13(26-10-23)2-4-20-16;2-1-3;/h1-18,37-38H;1-11H;;/q-1;;-1;+2/b26-18-,38-32?;;;. The van der Waals surface area contributed by atoms with Crippen molar-refractivity contribution in [2.75, 3.05) is 4.90 Å². The van der Waals surface area contributed by atoms with Gasteiger partial charge >= 0.3 is 25.7 Å². The van der Waals surface area contributed by atoms with Crippen molar-refractivity contribution in [1.82, 2.24) is 19.9 Å². The van der Waals surface area contributed by atoms with Gasteiger partial charge in [-0.05, 0) is 72.8 Å². The van der Waals surface area contributed by atoms with Crippen LogP contribution in [0.25, 0.3) is 80.0 Å². The van der Waals surface area contributed by atoms with Gasteiger partial charge in [-0.1, -0.05) is 54.7 Å². The molecule has 0 unspecified atom stereocenters. The number of nitrogens with one attached hydrogen (secondary N) is 2. The quantitative estimate of drug-likeness (QED) is 0.0496. The van der Waals surface area contributed by atoms with E-state index < -0.39 is 17.6 Å². The summed E-state index contributed by atoms with van der Waals surface area (Å²) in [6.07, 6.45) is 0.0183. The Hall–Kier alpha value is -8.45. The van der Waals surface area contributed by atoms with Crippen molar-refractivity contribution >= 4 is 128 Å². The largest absolute Gasteiger partial charge is 2.00 e. The summed E-state index contributed by atoms with van der Waals surface area (Å²) in [5.41, 5.74) is 10.0. The first kappa shape index (κ1) is 52.4. The van der Waals surface area contributed by atoms with Crippen LogP contribution in [0.3, 0.4) is 0 Å². The van der Waals surface area contributed by atoms with Gasteiger partial charge in [0.15, 0.2) is 0 Å². The Morgan fingerprint density at radius 3 is 1.66 bits per heavy atom. The molecular weight excluding hydrogens is 1090 g/mol. The van der Waals surface area contributed by atoms with Gasteiger partial charge in [-0.25, -0.2) is 4.98 Å². The second-order valence-electron chi connectivity index (χ2n) is 14.8. The van der Waals surface area contributed by atoms with Crippen LogP contribution in [-0.4, -0.2) is 56.4 Å². The third kappa shape index (κ3) is 12.2. The predicted octanol–water partition coefficient (Wildman–Crippen LogP) is 13.7. The maximum absolute atomic E-state index is 13.0. The number of hydrogen-bond acceptors (Lipinski definition) is 15. The number of benzene rings is 4. The molecule has 0 spiro atoms. The Morgan fingerprint density at radius 1 is 0.603 bits per heavy atom. The Bertz CT molecular complexity index is 3680. The molecule has 0 saturated heterocycles. The van der Waals surface area contributed by atoms with Crippen LogP contribution in [0.4, 0.5) is 30.2 Å². The molecule has 4 aromatic carbocycles. The number of aromatic nitrogens is 4.